The number of fused-ring (bicyclic) bond motifs is 11. The summed E-state index contributed by atoms with van der Waals surface area (Å²) in [7, 11) is 0. The van der Waals surface area contributed by atoms with E-state index >= 15 is 0 Å². The molecular formula is C61H37N3O. The van der Waals surface area contributed by atoms with Gasteiger partial charge in [-0.15, -0.1) is 0 Å². The summed E-state index contributed by atoms with van der Waals surface area (Å²) in [6.45, 7) is 0. The maximum atomic E-state index is 6.80. The minimum Gasteiger partial charge on any atom is -0.455 e. The molecule has 0 fully saturated rings. The van der Waals surface area contributed by atoms with Crippen LogP contribution in [0.1, 0.15) is 0 Å². The Morgan fingerprint density at radius 1 is 0.231 bits per heavy atom. The first kappa shape index (κ1) is 36.9. The molecule has 0 saturated heterocycles. The van der Waals surface area contributed by atoms with Crippen molar-refractivity contribution in [3.63, 3.8) is 0 Å². The SMILES string of the molecule is c1ccc(-c2ccc(-c3nc(-c4ccccc4)nc(-c4ccc(-c5ccc6c(c5)oc5c7ccccc7c(-c7ccc8c9ccccc9c9ccccc9c8c7)cc65)cc4)n3)cc2)cc1. The van der Waals surface area contributed by atoms with E-state index in [0.29, 0.717) is 17.5 Å². The number of hydrogen-bond donors (Lipinski definition) is 0. The van der Waals surface area contributed by atoms with Gasteiger partial charge in [-0.25, -0.2) is 15.0 Å². The lowest BCUT2D eigenvalue weighted by atomic mass is 9.90. The van der Waals surface area contributed by atoms with Crippen molar-refractivity contribution < 1.29 is 4.42 Å². The van der Waals surface area contributed by atoms with E-state index in [1.807, 2.05) is 36.4 Å². The second-order valence-electron chi connectivity index (χ2n) is 16.7. The molecule has 13 aromatic rings. The van der Waals surface area contributed by atoms with Crippen LogP contribution in [-0.4, -0.2) is 15.0 Å². The van der Waals surface area contributed by atoms with Gasteiger partial charge in [0, 0.05) is 32.8 Å². The summed E-state index contributed by atoms with van der Waals surface area (Å²) in [5.74, 6) is 1.89. The van der Waals surface area contributed by atoms with Crippen LogP contribution in [-0.2, 0) is 0 Å². The molecule has 4 heteroatoms. The van der Waals surface area contributed by atoms with Crippen LogP contribution in [0.4, 0.5) is 0 Å². The zero-order valence-corrected chi connectivity index (χ0v) is 35.1. The minimum absolute atomic E-state index is 0.621. The Hall–Kier alpha value is -8.73. The molecular weight excluding hydrogens is 791 g/mol. The average Bonchev–Trinajstić information content (AvgIpc) is 3.77. The van der Waals surface area contributed by atoms with Crippen molar-refractivity contribution in [3.8, 4) is 67.5 Å². The highest BCUT2D eigenvalue weighted by atomic mass is 16.3. The standard InChI is InChI=1S/C61H37N3O/c1-3-13-38(14-4-1)39-23-27-42(28-24-39)60-62-59(41-15-5-2-6-16-41)63-61(64-60)43-29-25-40(26-30-43)44-31-34-52-56-37-54(50-21-11-12-22-53(50)58(56)65-57(52)36-44)45-32-33-51-48-19-8-7-17-46(48)47-18-9-10-20-49(47)55(51)35-45/h1-37H. The van der Waals surface area contributed by atoms with Crippen molar-refractivity contribution in [1.29, 1.82) is 0 Å². The summed E-state index contributed by atoms with van der Waals surface area (Å²) in [5, 5.41) is 12.1. The lowest BCUT2D eigenvalue weighted by Crippen LogP contribution is -2.00. The highest BCUT2D eigenvalue weighted by Gasteiger charge is 2.18. The second kappa shape index (κ2) is 15.0. The molecule has 4 nitrogen and oxygen atoms in total. The van der Waals surface area contributed by atoms with E-state index in [1.165, 1.54) is 54.4 Å². The predicted molar refractivity (Wildman–Crippen MR) is 270 cm³/mol. The van der Waals surface area contributed by atoms with Crippen molar-refractivity contribution in [2.24, 2.45) is 0 Å². The molecule has 0 aliphatic carbocycles. The average molecular weight is 828 g/mol. The molecule has 2 heterocycles. The van der Waals surface area contributed by atoms with Crippen molar-refractivity contribution in [3.05, 3.63) is 224 Å². The van der Waals surface area contributed by atoms with E-state index in [0.717, 1.165) is 60.7 Å². The monoisotopic (exact) mass is 827 g/mol. The molecule has 302 valence electrons. The van der Waals surface area contributed by atoms with E-state index in [2.05, 4.69) is 188 Å². The van der Waals surface area contributed by atoms with Crippen molar-refractivity contribution in [2.45, 2.75) is 0 Å². The summed E-state index contributed by atoms with van der Waals surface area (Å²) < 4.78 is 6.80. The maximum Gasteiger partial charge on any atom is 0.164 e. The van der Waals surface area contributed by atoms with Gasteiger partial charge in [-0.3, -0.25) is 0 Å². The quantitative estimate of drug-likeness (QED) is 0.157. The van der Waals surface area contributed by atoms with E-state index in [-0.39, 0.29) is 0 Å². The van der Waals surface area contributed by atoms with Crippen LogP contribution in [0, 0.1) is 0 Å². The Labute approximate surface area is 374 Å². The fraction of sp³-hybridized carbons (Fsp3) is 0. The van der Waals surface area contributed by atoms with Gasteiger partial charge in [-0.1, -0.05) is 200 Å². The summed E-state index contributed by atoms with van der Waals surface area (Å²) in [4.78, 5) is 15.0. The van der Waals surface area contributed by atoms with Crippen molar-refractivity contribution in [1.82, 2.24) is 15.0 Å². The first-order valence-corrected chi connectivity index (χ1v) is 22.0. The van der Waals surface area contributed by atoms with Crippen molar-refractivity contribution >= 4 is 65.0 Å². The van der Waals surface area contributed by atoms with Gasteiger partial charge in [0.2, 0.25) is 0 Å². The first-order chi connectivity index (χ1) is 32.2. The number of furan rings is 1. The molecule has 0 spiro atoms. The fourth-order valence-electron chi connectivity index (χ4n) is 9.70. The van der Waals surface area contributed by atoms with Crippen LogP contribution in [0.3, 0.4) is 0 Å². The molecule has 0 aliphatic rings. The molecule has 11 aromatic carbocycles. The van der Waals surface area contributed by atoms with Crippen LogP contribution in [0.15, 0.2) is 229 Å². The number of hydrogen-bond acceptors (Lipinski definition) is 4. The smallest absolute Gasteiger partial charge is 0.164 e. The fourth-order valence-corrected chi connectivity index (χ4v) is 9.70. The maximum absolute atomic E-state index is 6.80. The molecule has 0 unspecified atom stereocenters. The van der Waals surface area contributed by atoms with Gasteiger partial charge >= 0.3 is 0 Å². The number of rotatable bonds is 6. The van der Waals surface area contributed by atoms with Gasteiger partial charge in [0.25, 0.3) is 0 Å². The summed E-state index contributed by atoms with van der Waals surface area (Å²) in [6.07, 6.45) is 0. The Bertz CT molecular complexity index is 3940. The molecule has 65 heavy (non-hydrogen) atoms. The Morgan fingerprint density at radius 2 is 0.615 bits per heavy atom. The van der Waals surface area contributed by atoms with E-state index in [1.54, 1.807) is 0 Å². The summed E-state index contributed by atoms with van der Waals surface area (Å²) in [5.41, 5.74) is 11.4. The summed E-state index contributed by atoms with van der Waals surface area (Å²) in [6, 6.07) is 79.4. The Balaban J connectivity index is 0.879. The Morgan fingerprint density at radius 3 is 1.20 bits per heavy atom. The van der Waals surface area contributed by atoms with Crippen LogP contribution in [0.2, 0.25) is 0 Å². The van der Waals surface area contributed by atoms with Crippen LogP contribution in [0.25, 0.3) is 133 Å². The van der Waals surface area contributed by atoms with E-state index in [4.69, 9.17) is 19.4 Å². The van der Waals surface area contributed by atoms with Gasteiger partial charge in [0.05, 0.1) is 0 Å². The van der Waals surface area contributed by atoms with Gasteiger partial charge in [0.15, 0.2) is 17.5 Å². The highest BCUT2D eigenvalue weighted by molar-refractivity contribution is 6.26. The molecule has 0 radical (unpaired) electrons. The largest absolute Gasteiger partial charge is 0.455 e. The molecule has 0 amide bonds. The minimum atomic E-state index is 0.621. The van der Waals surface area contributed by atoms with Crippen LogP contribution < -0.4 is 0 Å². The molecule has 2 aromatic heterocycles. The Kier molecular flexibility index (Phi) is 8.50. The lowest BCUT2D eigenvalue weighted by Gasteiger charge is -2.13. The number of nitrogens with zero attached hydrogens (tertiary/aromatic N) is 3. The van der Waals surface area contributed by atoms with Gasteiger partial charge in [-0.05, 0) is 95.3 Å². The van der Waals surface area contributed by atoms with Crippen LogP contribution >= 0.6 is 0 Å². The highest BCUT2D eigenvalue weighted by Crippen LogP contribution is 2.43. The third-order valence-corrected chi connectivity index (χ3v) is 12.9. The zero-order valence-electron chi connectivity index (χ0n) is 35.1. The lowest BCUT2D eigenvalue weighted by molar-refractivity contribution is 0.673. The van der Waals surface area contributed by atoms with Gasteiger partial charge in [0.1, 0.15) is 11.2 Å². The predicted octanol–water partition coefficient (Wildman–Crippen LogP) is 16.4. The second-order valence-corrected chi connectivity index (χ2v) is 16.7. The molecule has 0 bridgehead atoms. The summed E-state index contributed by atoms with van der Waals surface area (Å²) >= 11 is 0. The number of benzene rings is 11. The molecule has 13 rings (SSSR count). The molecule has 0 saturated carbocycles. The third kappa shape index (κ3) is 6.26. The van der Waals surface area contributed by atoms with Crippen molar-refractivity contribution in [2.75, 3.05) is 0 Å². The topological polar surface area (TPSA) is 51.8 Å². The first-order valence-electron chi connectivity index (χ1n) is 22.0. The van der Waals surface area contributed by atoms with Gasteiger partial charge < -0.3 is 4.42 Å². The van der Waals surface area contributed by atoms with Crippen LogP contribution in [0.5, 0.6) is 0 Å². The number of aromatic nitrogens is 3. The van der Waals surface area contributed by atoms with E-state index < -0.39 is 0 Å². The third-order valence-electron chi connectivity index (χ3n) is 12.9. The van der Waals surface area contributed by atoms with E-state index in [9.17, 15) is 0 Å². The molecule has 0 aliphatic heterocycles. The zero-order chi connectivity index (χ0) is 42.8. The molecule has 0 N–H and O–H groups in total. The van der Waals surface area contributed by atoms with Gasteiger partial charge in [-0.2, -0.15) is 0 Å². The normalized spacial score (nSPS) is 11.7. The molecule has 0 atom stereocenters.